The lowest BCUT2D eigenvalue weighted by Crippen LogP contribution is -2.08. The minimum absolute atomic E-state index is 0.427. The van der Waals surface area contributed by atoms with E-state index in [4.69, 9.17) is 17.3 Å². The minimum atomic E-state index is 0.427. The zero-order valence-electron chi connectivity index (χ0n) is 9.96. The summed E-state index contributed by atoms with van der Waals surface area (Å²) >= 11 is 7.38. The predicted octanol–water partition coefficient (Wildman–Crippen LogP) is 2.86. The normalized spacial score (nSPS) is 12.7. The summed E-state index contributed by atoms with van der Waals surface area (Å²) < 4.78 is 0. The Balaban J connectivity index is 1.91. The first kappa shape index (κ1) is 11.7. The topological polar surface area (TPSA) is 89.6 Å². The van der Waals surface area contributed by atoms with Crippen LogP contribution in [0.4, 0.5) is 17.5 Å². The number of nitrogen functional groups attached to an aromatic ring is 1. The van der Waals surface area contributed by atoms with Crippen LogP contribution < -0.4 is 11.1 Å². The molecule has 3 aromatic rings. The molecule has 3 N–H and O–H groups in total. The molecule has 6 nitrogen and oxygen atoms in total. The van der Waals surface area contributed by atoms with Gasteiger partial charge in [0.25, 0.3) is 0 Å². The van der Waals surface area contributed by atoms with Crippen molar-refractivity contribution in [2.24, 2.45) is 0 Å². The second kappa shape index (κ2) is 4.19. The van der Waals surface area contributed by atoms with Crippen LogP contribution in [-0.2, 0) is 0 Å². The van der Waals surface area contributed by atoms with Gasteiger partial charge in [-0.1, -0.05) is 23.4 Å². The third-order valence-electron chi connectivity index (χ3n) is 2.86. The maximum atomic E-state index is 5.97. The fourth-order valence-electron chi connectivity index (χ4n) is 1.95. The third kappa shape index (κ3) is 1.75. The molecule has 8 heteroatoms. The lowest BCUT2D eigenvalue weighted by Gasteiger charge is -2.18. The maximum absolute atomic E-state index is 5.97. The summed E-state index contributed by atoms with van der Waals surface area (Å²) in [6.45, 7) is 0. The Bertz CT molecular complexity index is 853. The first-order valence-corrected chi connectivity index (χ1v) is 6.93. The van der Waals surface area contributed by atoms with E-state index in [9.17, 15) is 0 Å². The molecule has 0 saturated heterocycles. The first-order chi connectivity index (χ1) is 9.70. The molecule has 0 aliphatic carbocycles. The van der Waals surface area contributed by atoms with E-state index in [0.29, 0.717) is 22.5 Å². The highest BCUT2D eigenvalue weighted by Gasteiger charge is 2.22. The monoisotopic (exact) mass is 302 g/mol. The Kier molecular flexibility index (Phi) is 2.45. The summed E-state index contributed by atoms with van der Waals surface area (Å²) in [5, 5.41) is 4.50. The Morgan fingerprint density at radius 3 is 2.90 bits per heavy atom. The Morgan fingerprint density at radius 1 is 1.10 bits per heavy atom. The van der Waals surface area contributed by atoms with E-state index in [-0.39, 0.29) is 0 Å². The highest BCUT2D eigenvalue weighted by Crippen LogP contribution is 2.43. The number of hydrogen-bond acceptors (Lipinski definition) is 7. The van der Waals surface area contributed by atoms with Gasteiger partial charge in [0, 0.05) is 5.02 Å². The fourth-order valence-corrected chi connectivity index (χ4v) is 3.00. The summed E-state index contributed by atoms with van der Waals surface area (Å²) in [5.41, 5.74) is 7.36. The van der Waals surface area contributed by atoms with Gasteiger partial charge >= 0.3 is 0 Å². The van der Waals surface area contributed by atoms with E-state index < -0.39 is 0 Å². The molecule has 2 aromatic heterocycles. The molecule has 1 aliphatic rings. The number of nitrogens with zero attached hydrogens (tertiary/aromatic N) is 4. The van der Waals surface area contributed by atoms with Gasteiger partial charge in [-0.15, -0.1) is 0 Å². The lowest BCUT2D eigenvalue weighted by atomic mass is 10.3. The van der Waals surface area contributed by atoms with Crippen LogP contribution in [-0.4, -0.2) is 19.9 Å². The SMILES string of the molecule is Nc1ncnc2c1Sc1nc3ccc(Cl)cc3nc1N2. The van der Waals surface area contributed by atoms with Gasteiger partial charge in [0.2, 0.25) is 0 Å². The van der Waals surface area contributed by atoms with E-state index >= 15 is 0 Å². The van der Waals surface area contributed by atoms with Crippen molar-refractivity contribution in [2.45, 2.75) is 9.92 Å². The zero-order valence-corrected chi connectivity index (χ0v) is 11.5. The maximum Gasteiger partial charge on any atom is 0.165 e. The largest absolute Gasteiger partial charge is 0.383 e. The molecular weight excluding hydrogens is 296 g/mol. The first-order valence-electron chi connectivity index (χ1n) is 5.73. The number of hydrogen-bond donors (Lipinski definition) is 2. The van der Waals surface area contributed by atoms with Gasteiger partial charge in [-0.05, 0) is 18.2 Å². The number of rotatable bonds is 0. The minimum Gasteiger partial charge on any atom is -0.383 e. The van der Waals surface area contributed by atoms with Crippen LogP contribution in [0.25, 0.3) is 11.0 Å². The van der Waals surface area contributed by atoms with Gasteiger partial charge in [0.1, 0.15) is 17.2 Å². The number of nitrogens with two attached hydrogens (primary N) is 1. The molecule has 0 atom stereocenters. The summed E-state index contributed by atoms with van der Waals surface area (Å²) in [4.78, 5) is 18.0. The molecule has 0 bridgehead atoms. The molecule has 0 fully saturated rings. The van der Waals surface area contributed by atoms with Crippen LogP contribution in [0.2, 0.25) is 5.02 Å². The van der Waals surface area contributed by atoms with Crippen molar-refractivity contribution in [3.05, 3.63) is 29.5 Å². The van der Waals surface area contributed by atoms with Crippen molar-refractivity contribution in [1.29, 1.82) is 0 Å². The molecule has 98 valence electrons. The van der Waals surface area contributed by atoms with E-state index in [0.717, 1.165) is 21.0 Å². The van der Waals surface area contributed by atoms with Crippen LogP contribution in [0, 0.1) is 0 Å². The van der Waals surface area contributed by atoms with Crippen molar-refractivity contribution >= 4 is 51.8 Å². The molecule has 1 aromatic carbocycles. The number of halogens is 1. The molecule has 1 aliphatic heterocycles. The van der Waals surface area contributed by atoms with Gasteiger partial charge in [0.05, 0.1) is 15.9 Å². The smallest absolute Gasteiger partial charge is 0.165 e. The molecule has 4 rings (SSSR count). The van der Waals surface area contributed by atoms with Crippen LogP contribution in [0.5, 0.6) is 0 Å². The molecule has 0 amide bonds. The summed E-state index contributed by atoms with van der Waals surface area (Å²) in [6.07, 6.45) is 1.41. The summed E-state index contributed by atoms with van der Waals surface area (Å²) in [7, 11) is 0. The highest BCUT2D eigenvalue weighted by molar-refractivity contribution is 7.99. The van der Waals surface area contributed by atoms with Gasteiger partial charge in [-0.2, -0.15) is 0 Å². The number of anilines is 3. The highest BCUT2D eigenvalue weighted by atomic mass is 35.5. The number of benzene rings is 1. The summed E-state index contributed by atoms with van der Waals surface area (Å²) in [6, 6.07) is 5.41. The van der Waals surface area contributed by atoms with Crippen molar-refractivity contribution < 1.29 is 0 Å². The van der Waals surface area contributed by atoms with Crippen molar-refractivity contribution in [2.75, 3.05) is 11.1 Å². The van der Waals surface area contributed by atoms with Crippen molar-refractivity contribution in [1.82, 2.24) is 19.9 Å². The van der Waals surface area contributed by atoms with Crippen LogP contribution >= 0.6 is 23.4 Å². The average Bonchev–Trinajstić information content (AvgIpc) is 2.44. The van der Waals surface area contributed by atoms with E-state index in [1.807, 2.05) is 6.07 Å². The van der Waals surface area contributed by atoms with Crippen LogP contribution in [0.15, 0.2) is 34.4 Å². The molecule has 0 unspecified atom stereocenters. The predicted molar refractivity (Wildman–Crippen MR) is 78.4 cm³/mol. The standard InChI is InChI=1S/C12H7ClN6S/c13-5-1-2-6-7(3-5)17-11-12(18-6)20-8-9(14)15-4-16-10(8)19-11/h1-4H,(H3,14,15,16,17,19). The number of nitrogens with one attached hydrogen (secondary N) is 1. The molecular formula is C12H7ClN6S. The van der Waals surface area contributed by atoms with Gasteiger partial charge in [-0.3, -0.25) is 0 Å². The lowest BCUT2D eigenvalue weighted by molar-refractivity contribution is 1.05. The second-order valence-electron chi connectivity index (χ2n) is 4.17. The van der Waals surface area contributed by atoms with E-state index in [2.05, 4.69) is 25.3 Å². The zero-order chi connectivity index (χ0) is 13.7. The van der Waals surface area contributed by atoms with E-state index in [1.165, 1.54) is 18.1 Å². The summed E-state index contributed by atoms with van der Waals surface area (Å²) in [5.74, 6) is 1.72. The fraction of sp³-hybridized carbons (Fsp3) is 0. The molecule has 0 spiro atoms. The third-order valence-corrected chi connectivity index (χ3v) is 4.18. The molecule has 3 heterocycles. The molecule has 0 saturated carbocycles. The molecule has 20 heavy (non-hydrogen) atoms. The second-order valence-corrected chi connectivity index (χ2v) is 5.61. The quantitative estimate of drug-likeness (QED) is 0.516. The number of fused-ring (bicyclic) bond motifs is 3. The molecule has 0 radical (unpaired) electrons. The van der Waals surface area contributed by atoms with Gasteiger partial charge in [0.15, 0.2) is 11.6 Å². The van der Waals surface area contributed by atoms with Gasteiger partial charge < -0.3 is 11.1 Å². The van der Waals surface area contributed by atoms with Crippen molar-refractivity contribution in [3.63, 3.8) is 0 Å². The Hall–Kier alpha value is -2.12. The Morgan fingerprint density at radius 2 is 2.00 bits per heavy atom. The Labute approximate surface area is 122 Å². The van der Waals surface area contributed by atoms with E-state index in [1.54, 1.807) is 12.1 Å². The van der Waals surface area contributed by atoms with Crippen LogP contribution in [0.1, 0.15) is 0 Å². The van der Waals surface area contributed by atoms with Crippen LogP contribution in [0.3, 0.4) is 0 Å². The number of aromatic nitrogens is 4. The van der Waals surface area contributed by atoms with Gasteiger partial charge in [-0.25, -0.2) is 19.9 Å². The average molecular weight is 303 g/mol. The van der Waals surface area contributed by atoms with Crippen molar-refractivity contribution in [3.8, 4) is 0 Å².